The number of ether oxygens (including phenoxy) is 2. The molecule has 0 aliphatic heterocycles. The average Bonchev–Trinajstić information content (AvgIpc) is 3.51. The van der Waals surface area contributed by atoms with Gasteiger partial charge in [-0.05, 0) is 96.0 Å². The van der Waals surface area contributed by atoms with Gasteiger partial charge in [-0.2, -0.15) is 0 Å². The fourth-order valence-electron chi connectivity index (χ4n) is 6.59. The smallest absolute Gasteiger partial charge is 0.310 e. The highest BCUT2D eigenvalue weighted by atomic mass is 16.5. The molecule has 5 nitrogen and oxygen atoms in total. The average molecular weight is 507 g/mol. The summed E-state index contributed by atoms with van der Waals surface area (Å²) in [5.41, 5.74) is 13.3. The van der Waals surface area contributed by atoms with Crippen LogP contribution in [0.3, 0.4) is 0 Å². The molecule has 2 aliphatic carbocycles. The van der Waals surface area contributed by atoms with Crippen molar-refractivity contribution in [1.29, 1.82) is 0 Å². The minimum Gasteiger partial charge on any atom is -0.485 e. The summed E-state index contributed by atoms with van der Waals surface area (Å²) in [4.78, 5) is 16.7. The standard InChI is InChI=1S/C33H34N2O3/c1-3-37-31(36)19-25-21(2)7-6-8-29(25)38-30-20-33(14-4-5-15-33)28-12-11-24(18-27(28)30)23-10-9-22-13-16-35-32(34)26(22)17-23/h6-13,16-18,30H,3-5,14-15,19-20H2,1-2H3,(H2,34,35). The van der Waals surface area contributed by atoms with Crippen LogP contribution in [-0.4, -0.2) is 17.6 Å². The van der Waals surface area contributed by atoms with E-state index < -0.39 is 0 Å². The van der Waals surface area contributed by atoms with E-state index in [4.69, 9.17) is 15.2 Å². The van der Waals surface area contributed by atoms with Gasteiger partial charge in [-0.3, -0.25) is 4.79 Å². The monoisotopic (exact) mass is 506 g/mol. The molecule has 1 aromatic heterocycles. The Labute approximate surface area is 224 Å². The van der Waals surface area contributed by atoms with Crippen LogP contribution in [0.1, 0.15) is 67.4 Å². The first kappa shape index (κ1) is 24.5. The molecule has 1 unspecified atom stereocenters. The van der Waals surface area contributed by atoms with Crippen LogP contribution < -0.4 is 10.5 Å². The first-order valence-electron chi connectivity index (χ1n) is 13.7. The van der Waals surface area contributed by atoms with E-state index in [0.29, 0.717) is 12.4 Å². The molecule has 5 heteroatoms. The molecule has 0 radical (unpaired) electrons. The highest BCUT2D eigenvalue weighted by Crippen LogP contribution is 2.55. The lowest BCUT2D eigenvalue weighted by Gasteiger charge is -2.25. The third-order valence-corrected chi connectivity index (χ3v) is 8.50. The number of carbonyl (C=O) groups excluding carboxylic acids is 1. The number of carbonyl (C=O) groups is 1. The van der Waals surface area contributed by atoms with E-state index in [1.807, 2.05) is 38.1 Å². The molecule has 38 heavy (non-hydrogen) atoms. The van der Waals surface area contributed by atoms with Gasteiger partial charge in [0.1, 0.15) is 17.7 Å². The fraction of sp³-hybridized carbons (Fsp3) is 0.333. The van der Waals surface area contributed by atoms with E-state index in [1.54, 1.807) is 6.20 Å². The quantitative estimate of drug-likeness (QED) is 0.279. The zero-order valence-electron chi connectivity index (χ0n) is 22.1. The lowest BCUT2D eigenvalue weighted by Crippen LogP contribution is -2.19. The van der Waals surface area contributed by atoms with Crippen molar-refractivity contribution in [3.05, 3.63) is 89.1 Å². The van der Waals surface area contributed by atoms with Gasteiger partial charge in [0.2, 0.25) is 0 Å². The molecule has 1 atom stereocenters. The molecular formula is C33H34N2O3. The van der Waals surface area contributed by atoms with Crippen molar-refractivity contribution in [2.45, 2.75) is 63.9 Å². The number of nitrogens with zero attached hydrogens (tertiary/aromatic N) is 1. The van der Waals surface area contributed by atoms with Crippen molar-refractivity contribution in [2.24, 2.45) is 0 Å². The summed E-state index contributed by atoms with van der Waals surface area (Å²) < 4.78 is 12.1. The molecule has 6 rings (SSSR count). The van der Waals surface area contributed by atoms with Gasteiger partial charge in [0.25, 0.3) is 0 Å². The van der Waals surface area contributed by atoms with Crippen molar-refractivity contribution >= 4 is 22.6 Å². The Balaban J connectivity index is 1.40. The van der Waals surface area contributed by atoms with Crippen LogP contribution in [0, 0.1) is 6.92 Å². The van der Waals surface area contributed by atoms with Gasteiger partial charge in [-0.25, -0.2) is 4.98 Å². The molecular weight excluding hydrogens is 472 g/mol. The molecule has 0 amide bonds. The van der Waals surface area contributed by atoms with Crippen LogP contribution in [0.4, 0.5) is 5.82 Å². The van der Waals surface area contributed by atoms with E-state index in [-0.39, 0.29) is 23.9 Å². The van der Waals surface area contributed by atoms with Crippen LogP contribution >= 0.6 is 0 Å². The van der Waals surface area contributed by atoms with Crippen LogP contribution in [0.15, 0.2) is 66.9 Å². The Morgan fingerprint density at radius 2 is 1.84 bits per heavy atom. The first-order chi connectivity index (χ1) is 18.5. The number of hydrogen-bond acceptors (Lipinski definition) is 5. The summed E-state index contributed by atoms with van der Waals surface area (Å²) in [6.07, 6.45) is 7.75. The highest BCUT2D eigenvalue weighted by Gasteiger charge is 2.46. The molecule has 0 bridgehead atoms. The van der Waals surface area contributed by atoms with E-state index in [2.05, 4.69) is 41.4 Å². The van der Waals surface area contributed by atoms with Gasteiger partial charge in [0, 0.05) is 17.1 Å². The number of aromatic nitrogens is 1. The van der Waals surface area contributed by atoms with Gasteiger partial charge in [0.05, 0.1) is 13.0 Å². The predicted molar refractivity (Wildman–Crippen MR) is 151 cm³/mol. The molecule has 2 N–H and O–H groups in total. The lowest BCUT2D eigenvalue weighted by atomic mass is 9.80. The Morgan fingerprint density at radius 3 is 2.66 bits per heavy atom. The normalized spacial score (nSPS) is 17.6. The number of pyridine rings is 1. The van der Waals surface area contributed by atoms with E-state index >= 15 is 0 Å². The second kappa shape index (κ2) is 9.79. The number of anilines is 1. The minimum absolute atomic E-state index is 0.0713. The van der Waals surface area contributed by atoms with E-state index in [0.717, 1.165) is 45.2 Å². The van der Waals surface area contributed by atoms with E-state index in [1.165, 1.54) is 36.8 Å². The van der Waals surface area contributed by atoms with Crippen molar-refractivity contribution in [2.75, 3.05) is 12.3 Å². The molecule has 1 spiro atoms. The lowest BCUT2D eigenvalue weighted by molar-refractivity contribution is -0.142. The number of nitrogens with two attached hydrogens (primary N) is 1. The molecule has 2 aliphatic rings. The van der Waals surface area contributed by atoms with Crippen molar-refractivity contribution in [3.63, 3.8) is 0 Å². The topological polar surface area (TPSA) is 74.4 Å². The van der Waals surface area contributed by atoms with Crippen molar-refractivity contribution < 1.29 is 14.3 Å². The maximum absolute atomic E-state index is 12.4. The van der Waals surface area contributed by atoms with Gasteiger partial charge >= 0.3 is 5.97 Å². The van der Waals surface area contributed by atoms with Crippen LogP contribution in [0.25, 0.3) is 21.9 Å². The summed E-state index contributed by atoms with van der Waals surface area (Å²) in [7, 11) is 0. The van der Waals surface area contributed by atoms with Gasteiger partial charge in [-0.15, -0.1) is 0 Å². The van der Waals surface area contributed by atoms with Crippen molar-refractivity contribution in [1.82, 2.24) is 4.98 Å². The number of benzene rings is 3. The van der Waals surface area contributed by atoms with E-state index in [9.17, 15) is 4.79 Å². The van der Waals surface area contributed by atoms with Crippen LogP contribution in [0.5, 0.6) is 5.75 Å². The Kier molecular flexibility index (Phi) is 6.30. The summed E-state index contributed by atoms with van der Waals surface area (Å²) >= 11 is 0. The number of esters is 1. The number of nitrogen functional groups attached to an aromatic ring is 1. The molecule has 3 aromatic carbocycles. The third kappa shape index (κ3) is 4.30. The zero-order chi connectivity index (χ0) is 26.3. The molecule has 4 aromatic rings. The maximum atomic E-state index is 12.4. The zero-order valence-corrected chi connectivity index (χ0v) is 22.1. The molecule has 0 saturated heterocycles. The SMILES string of the molecule is CCOC(=O)Cc1c(C)cccc1OC1CC2(CCCC2)c2ccc(-c3ccc4ccnc(N)c4c3)cc21. The predicted octanol–water partition coefficient (Wildman–Crippen LogP) is 7.23. The Bertz CT molecular complexity index is 1520. The number of fused-ring (bicyclic) bond motifs is 3. The molecule has 1 fully saturated rings. The van der Waals surface area contributed by atoms with Crippen LogP contribution in [-0.2, 0) is 21.4 Å². The maximum Gasteiger partial charge on any atom is 0.310 e. The number of hydrogen-bond donors (Lipinski definition) is 1. The summed E-state index contributed by atoms with van der Waals surface area (Å²) in [6.45, 7) is 4.24. The van der Waals surface area contributed by atoms with Gasteiger partial charge in [-0.1, -0.05) is 49.2 Å². The molecule has 1 saturated carbocycles. The largest absolute Gasteiger partial charge is 0.485 e. The highest BCUT2D eigenvalue weighted by molar-refractivity contribution is 5.94. The second-order valence-electron chi connectivity index (χ2n) is 10.8. The number of aryl methyl sites for hydroxylation is 1. The summed E-state index contributed by atoms with van der Waals surface area (Å²) in [6, 6.07) is 21.3. The van der Waals surface area contributed by atoms with Gasteiger partial charge in [0.15, 0.2) is 0 Å². The van der Waals surface area contributed by atoms with Crippen molar-refractivity contribution in [3.8, 4) is 16.9 Å². The molecule has 194 valence electrons. The first-order valence-corrected chi connectivity index (χ1v) is 13.7. The summed E-state index contributed by atoms with van der Waals surface area (Å²) in [5, 5.41) is 2.05. The summed E-state index contributed by atoms with van der Waals surface area (Å²) in [5.74, 6) is 1.10. The number of rotatable bonds is 6. The Morgan fingerprint density at radius 1 is 1.05 bits per heavy atom. The van der Waals surface area contributed by atoms with Crippen LogP contribution in [0.2, 0.25) is 0 Å². The second-order valence-corrected chi connectivity index (χ2v) is 10.8. The van der Waals surface area contributed by atoms with Gasteiger partial charge < -0.3 is 15.2 Å². The molecule has 1 heterocycles. The third-order valence-electron chi connectivity index (χ3n) is 8.50. The fourth-order valence-corrected chi connectivity index (χ4v) is 6.59. The minimum atomic E-state index is -0.224. The Hall–Kier alpha value is -3.86.